The Balaban J connectivity index is 2.22. The van der Waals surface area contributed by atoms with Gasteiger partial charge in [0.1, 0.15) is 11.5 Å². The summed E-state index contributed by atoms with van der Waals surface area (Å²) in [5.41, 5.74) is 7.63. The molecule has 0 saturated heterocycles. The highest BCUT2D eigenvalue weighted by molar-refractivity contribution is 5.67. The maximum Gasteiger partial charge on any atom is 0.242 e. The summed E-state index contributed by atoms with van der Waals surface area (Å²) in [7, 11) is 0. The second kappa shape index (κ2) is 7.59. The minimum absolute atomic E-state index is 0.198. The molecule has 118 valence electrons. The number of pyridine rings is 1. The summed E-state index contributed by atoms with van der Waals surface area (Å²) in [5, 5.41) is 3.25. The lowest BCUT2D eigenvalue weighted by Crippen LogP contribution is -2.12. The van der Waals surface area contributed by atoms with E-state index in [9.17, 15) is 0 Å². The highest BCUT2D eigenvalue weighted by Crippen LogP contribution is 2.28. The van der Waals surface area contributed by atoms with Crippen molar-refractivity contribution in [3.05, 3.63) is 35.9 Å². The minimum Gasteiger partial charge on any atom is -0.476 e. The van der Waals surface area contributed by atoms with E-state index in [1.807, 2.05) is 39.1 Å². The lowest BCUT2D eigenvalue weighted by molar-refractivity contribution is 0.305. The molecule has 22 heavy (non-hydrogen) atoms. The van der Waals surface area contributed by atoms with Gasteiger partial charge < -0.3 is 15.8 Å². The number of nitrogens with two attached hydrogens (primary N) is 1. The molecule has 0 aliphatic rings. The molecule has 0 aliphatic heterocycles. The van der Waals surface area contributed by atoms with Gasteiger partial charge in [-0.05, 0) is 18.1 Å². The van der Waals surface area contributed by atoms with Crippen LogP contribution >= 0.6 is 0 Å². The number of aromatic nitrogens is 3. The Bertz CT molecular complexity index is 601. The van der Waals surface area contributed by atoms with Crippen LogP contribution in [0.2, 0.25) is 0 Å². The second-order valence-corrected chi connectivity index (χ2v) is 5.37. The fourth-order valence-electron chi connectivity index (χ4n) is 1.86. The third-order valence-corrected chi connectivity index (χ3v) is 3.07. The summed E-state index contributed by atoms with van der Waals surface area (Å²) in [6.45, 7) is 7.31. The highest BCUT2D eigenvalue weighted by Gasteiger charge is 2.15. The monoisotopic (exact) mass is 301 g/mol. The molecule has 3 N–H and O–H groups in total. The molecule has 2 heterocycles. The Morgan fingerprint density at radius 2 is 2.14 bits per heavy atom. The maximum absolute atomic E-state index is 6.13. The normalized spacial score (nSPS) is 10.7. The molecular formula is C16H23N5O. The van der Waals surface area contributed by atoms with Crippen molar-refractivity contribution in [2.45, 2.75) is 39.7 Å². The summed E-state index contributed by atoms with van der Waals surface area (Å²) in [5.74, 6) is 1.97. The van der Waals surface area contributed by atoms with E-state index in [0.717, 1.165) is 12.0 Å². The van der Waals surface area contributed by atoms with Gasteiger partial charge in [-0.2, -0.15) is 4.98 Å². The van der Waals surface area contributed by atoms with Crippen LogP contribution in [0.15, 0.2) is 24.5 Å². The van der Waals surface area contributed by atoms with Gasteiger partial charge in [-0.1, -0.05) is 26.8 Å². The molecule has 0 aromatic carbocycles. The zero-order valence-corrected chi connectivity index (χ0v) is 13.3. The first kappa shape index (κ1) is 16.0. The van der Waals surface area contributed by atoms with Crippen molar-refractivity contribution >= 4 is 11.5 Å². The molecular weight excluding hydrogens is 278 g/mol. The third-order valence-electron chi connectivity index (χ3n) is 3.07. The second-order valence-electron chi connectivity index (χ2n) is 5.37. The molecule has 0 spiro atoms. The van der Waals surface area contributed by atoms with Crippen molar-refractivity contribution in [2.75, 3.05) is 17.7 Å². The zero-order chi connectivity index (χ0) is 15.9. The van der Waals surface area contributed by atoms with Crippen molar-refractivity contribution in [2.24, 2.45) is 0 Å². The van der Waals surface area contributed by atoms with Crippen LogP contribution in [0.25, 0.3) is 0 Å². The standard InChI is InChI=1S/C16H23N5O/c1-4-8-22-16-13(17)15(20-14(21-16)11(2)3)19-10-12-6-5-7-18-9-12/h5-7,9,11H,4,8,10,17H2,1-3H3,(H,19,20,21). The maximum atomic E-state index is 6.13. The lowest BCUT2D eigenvalue weighted by Gasteiger charge is -2.15. The fraction of sp³-hybridized carbons (Fsp3) is 0.438. The van der Waals surface area contributed by atoms with Gasteiger partial charge in [-0.25, -0.2) is 4.98 Å². The van der Waals surface area contributed by atoms with Gasteiger partial charge in [0, 0.05) is 24.9 Å². The first-order valence-electron chi connectivity index (χ1n) is 7.54. The molecule has 0 saturated carbocycles. The summed E-state index contributed by atoms with van der Waals surface area (Å²) in [6, 6.07) is 3.89. The van der Waals surface area contributed by atoms with Crippen molar-refractivity contribution < 1.29 is 4.74 Å². The number of hydrogen-bond donors (Lipinski definition) is 2. The number of nitrogens with zero attached hydrogens (tertiary/aromatic N) is 3. The molecule has 0 unspecified atom stereocenters. The smallest absolute Gasteiger partial charge is 0.242 e. The van der Waals surface area contributed by atoms with Crippen LogP contribution in [-0.2, 0) is 6.54 Å². The summed E-state index contributed by atoms with van der Waals surface area (Å²) in [6.07, 6.45) is 4.46. The molecule has 6 nitrogen and oxygen atoms in total. The summed E-state index contributed by atoms with van der Waals surface area (Å²) in [4.78, 5) is 13.0. The predicted octanol–water partition coefficient (Wildman–Crippen LogP) is 2.98. The molecule has 2 aromatic rings. The van der Waals surface area contributed by atoms with Crippen LogP contribution in [0.5, 0.6) is 5.88 Å². The van der Waals surface area contributed by atoms with Gasteiger partial charge in [0.05, 0.1) is 6.61 Å². The Morgan fingerprint density at radius 3 is 2.77 bits per heavy atom. The number of ether oxygens (including phenoxy) is 1. The van der Waals surface area contributed by atoms with Crippen LogP contribution in [0.4, 0.5) is 11.5 Å². The summed E-state index contributed by atoms with van der Waals surface area (Å²) < 4.78 is 5.64. The lowest BCUT2D eigenvalue weighted by atomic mass is 10.2. The Kier molecular flexibility index (Phi) is 5.52. The number of nitrogens with one attached hydrogen (secondary N) is 1. The van der Waals surface area contributed by atoms with Crippen LogP contribution in [0, 0.1) is 0 Å². The van der Waals surface area contributed by atoms with Gasteiger partial charge in [0.15, 0.2) is 5.82 Å². The van der Waals surface area contributed by atoms with E-state index >= 15 is 0 Å². The Morgan fingerprint density at radius 1 is 1.32 bits per heavy atom. The van der Waals surface area contributed by atoms with Crippen molar-refractivity contribution in [1.82, 2.24) is 15.0 Å². The van der Waals surface area contributed by atoms with E-state index in [-0.39, 0.29) is 5.92 Å². The SMILES string of the molecule is CCCOc1nc(C(C)C)nc(NCc2cccnc2)c1N. The van der Waals surface area contributed by atoms with E-state index in [0.29, 0.717) is 36.4 Å². The van der Waals surface area contributed by atoms with Crippen LogP contribution < -0.4 is 15.8 Å². The van der Waals surface area contributed by atoms with Crippen LogP contribution in [0.1, 0.15) is 44.5 Å². The first-order chi connectivity index (χ1) is 10.6. The topological polar surface area (TPSA) is 86.0 Å². The van der Waals surface area contributed by atoms with E-state index < -0.39 is 0 Å². The predicted molar refractivity (Wildman–Crippen MR) is 87.9 cm³/mol. The van der Waals surface area contributed by atoms with Crippen LogP contribution in [-0.4, -0.2) is 21.6 Å². The van der Waals surface area contributed by atoms with Crippen molar-refractivity contribution in [3.8, 4) is 5.88 Å². The van der Waals surface area contributed by atoms with Gasteiger partial charge in [0.25, 0.3) is 0 Å². The van der Waals surface area contributed by atoms with E-state index in [4.69, 9.17) is 10.5 Å². The van der Waals surface area contributed by atoms with E-state index in [1.54, 1.807) is 6.20 Å². The molecule has 0 bridgehead atoms. The molecule has 6 heteroatoms. The quantitative estimate of drug-likeness (QED) is 0.817. The Labute approximate surface area is 131 Å². The van der Waals surface area contributed by atoms with Crippen LogP contribution in [0.3, 0.4) is 0 Å². The van der Waals surface area contributed by atoms with Gasteiger partial charge >= 0.3 is 0 Å². The molecule has 0 radical (unpaired) electrons. The minimum atomic E-state index is 0.198. The number of anilines is 2. The van der Waals surface area contributed by atoms with Gasteiger partial charge in [0.2, 0.25) is 5.88 Å². The first-order valence-corrected chi connectivity index (χ1v) is 7.54. The number of hydrogen-bond acceptors (Lipinski definition) is 6. The van der Waals surface area contributed by atoms with Gasteiger partial charge in [-0.3, -0.25) is 4.98 Å². The van der Waals surface area contributed by atoms with Gasteiger partial charge in [-0.15, -0.1) is 0 Å². The highest BCUT2D eigenvalue weighted by atomic mass is 16.5. The van der Waals surface area contributed by atoms with E-state index in [2.05, 4.69) is 20.3 Å². The summed E-state index contributed by atoms with van der Waals surface area (Å²) >= 11 is 0. The molecule has 0 aliphatic carbocycles. The fourth-order valence-corrected chi connectivity index (χ4v) is 1.86. The largest absolute Gasteiger partial charge is 0.476 e. The number of nitrogen functional groups attached to an aromatic ring is 1. The number of rotatable bonds is 7. The van der Waals surface area contributed by atoms with Crippen molar-refractivity contribution in [1.29, 1.82) is 0 Å². The molecule has 0 atom stereocenters. The zero-order valence-electron chi connectivity index (χ0n) is 13.3. The molecule has 0 fully saturated rings. The third kappa shape index (κ3) is 4.07. The molecule has 0 amide bonds. The molecule has 2 rings (SSSR count). The Hall–Kier alpha value is -2.37. The average molecular weight is 301 g/mol. The average Bonchev–Trinajstić information content (AvgIpc) is 2.53. The molecule has 2 aromatic heterocycles. The van der Waals surface area contributed by atoms with Crippen molar-refractivity contribution in [3.63, 3.8) is 0 Å². The van der Waals surface area contributed by atoms with E-state index in [1.165, 1.54) is 0 Å².